The third-order valence-corrected chi connectivity index (χ3v) is 4.53. The number of aliphatic hydroxyl groups excluding tert-OH is 1. The molecule has 3 nitrogen and oxygen atoms in total. The standard InChI is InChI=1S/C15H32N2O/c1-15(2,3)14(16)13(11-18)17(4)12-9-7-5-6-8-10-12/h12-14,18H,5-11,16H2,1-4H3. The molecular formula is C15H32N2O. The van der Waals surface area contributed by atoms with Gasteiger partial charge in [-0.1, -0.05) is 46.5 Å². The molecule has 1 aliphatic carbocycles. The maximum atomic E-state index is 9.71. The monoisotopic (exact) mass is 256 g/mol. The van der Waals surface area contributed by atoms with Crippen LogP contribution in [0.4, 0.5) is 0 Å². The number of hydrogen-bond acceptors (Lipinski definition) is 3. The SMILES string of the molecule is CN(C1CCCCCC1)C(CO)C(N)C(C)(C)C. The van der Waals surface area contributed by atoms with Crippen molar-refractivity contribution in [2.75, 3.05) is 13.7 Å². The fourth-order valence-corrected chi connectivity index (χ4v) is 3.01. The molecule has 2 atom stereocenters. The summed E-state index contributed by atoms with van der Waals surface area (Å²) < 4.78 is 0. The van der Waals surface area contributed by atoms with Gasteiger partial charge in [-0.2, -0.15) is 0 Å². The largest absolute Gasteiger partial charge is 0.395 e. The highest BCUT2D eigenvalue weighted by Crippen LogP contribution is 2.27. The van der Waals surface area contributed by atoms with E-state index in [9.17, 15) is 5.11 Å². The molecule has 0 amide bonds. The molecular weight excluding hydrogens is 224 g/mol. The quantitative estimate of drug-likeness (QED) is 0.759. The van der Waals surface area contributed by atoms with Crippen LogP contribution >= 0.6 is 0 Å². The Labute approximate surface area is 113 Å². The maximum Gasteiger partial charge on any atom is 0.0602 e. The average Bonchev–Trinajstić information content (AvgIpc) is 2.56. The highest BCUT2D eigenvalue weighted by molar-refractivity contribution is 4.91. The van der Waals surface area contributed by atoms with Crippen molar-refractivity contribution in [2.45, 2.75) is 77.4 Å². The lowest BCUT2D eigenvalue weighted by Gasteiger charge is -2.41. The second kappa shape index (κ2) is 6.88. The molecule has 0 aromatic rings. The van der Waals surface area contributed by atoms with Gasteiger partial charge in [0.2, 0.25) is 0 Å². The van der Waals surface area contributed by atoms with E-state index in [1.54, 1.807) is 0 Å². The van der Waals surface area contributed by atoms with Crippen molar-refractivity contribution < 1.29 is 5.11 Å². The van der Waals surface area contributed by atoms with Gasteiger partial charge < -0.3 is 10.8 Å². The molecule has 1 rings (SSSR count). The summed E-state index contributed by atoms with van der Waals surface area (Å²) in [5, 5.41) is 9.71. The Morgan fingerprint density at radius 3 is 2.06 bits per heavy atom. The van der Waals surface area contributed by atoms with Crippen molar-refractivity contribution in [2.24, 2.45) is 11.1 Å². The van der Waals surface area contributed by atoms with Crippen molar-refractivity contribution in [3.63, 3.8) is 0 Å². The predicted molar refractivity (Wildman–Crippen MR) is 77.6 cm³/mol. The zero-order valence-electron chi connectivity index (χ0n) is 12.7. The minimum absolute atomic E-state index is 0.00996. The molecule has 0 heterocycles. The van der Waals surface area contributed by atoms with E-state index in [1.165, 1.54) is 38.5 Å². The van der Waals surface area contributed by atoms with Crippen LogP contribution in [0, 0.1) is 5.41 Å². The van der Waals surface area contributed by atoms with Crippen LogP contribution in [-0.4, -0.2) is 41.8 Å². The predicted octanol–water partition coefficient (Wildman–Crippen LogP) is 2.38. The normalized spacial score (nSPS) is 22.8. The van der Waals surface area contributed by atoms with Crippen molar-refractivity contribution in [3.8, 4) is 0 Å². The zero-order valence-corrected chi connectivity index (χ0v) is 12.7. The van der Waals surface area contributed by atoms with E-state index in [4.69, 9.17) is 5.73 Å². The smallest absolute Gasteiger partial charge is 0.0602 e. The highest BCUT2D eigenvalue weighted by Gasteiger charge is 2.33. The van der Waals surface area contributed by atoms with E-state index in [2.05, 4.69) is 32.7 Å². The molecule has 1 saturated carbocycles. The molecule has 0 aromatic carbocycles. The van der Waals surface area contributed by atoms with Crippen LogP contribution in [0.3, 0.4) is 0 Å². The van der Waals surface area contributed by atoms with E-state index < -0.39 is 0 Å². The maximum absolute atomic E-state index is 9.71. The van der Waals surface area contributed by atoms with Crippen LogP contribution in [0.25, 0.3) is 0 Å². The van der Waals surface area contributed by atoms with Crippen LogP contribution in [0.2, 0.25) is 0 Å². The molecule has 0 bridgehead atoms. The van der Waals surface area contributed by atoms with Gasteiger partial charge in [-0.25, -0.2) is 0 Å². The average molecular weight is 256 g/mol. The summed E-state index contributed by atoms with van der Waals surface area (Å²) >= 11 is 0. The van der Waals surface area contributed by atoms with E-state index in [0.717, 1.165) is 0 Å². The van der Waals surface area contributed by atoms with Gasteiger partial charge in [0.05, 0.1) is 6.61 Å². The first-order chi connectivity index (χ1) is 8.38. The molecule has 0 aromatic heterocycles. The first-order valence-electron chi connectivity index (χ1n) is 7.46. The second-order valence-corrected chi connectivity index (χ2v) is 6.95. The number of hydrogen-bond donors (Lipinski definition) is 2. The van der Waals surface area contributed by atoms with Gasteiger partial charge in [0.1, 0.15) is 0 Å². The van der Waals surface area contributed by atoms with Gasteiger partial charge in [0, 0.05) is 18.1 Å². The van der Waals surface area contributed by atoms with Gasteiger partial charge in [-0.05, 0) is 25.3 Å². The van der Waals surface area contributed by atoms with E-state index in [-0.39, 0.29) is 24.1 Å². The Morgan fingerprint density at radius 1 is 1.17 bits per heavy atom. The van der Waals surface area contributed by atoms with Crippen molar-refractivity contribution >= 4 is 0 Å². The van der Waals surface area contributed by atoms with Gasteiger partial charge >= 0.3 is 0 Å². The molecule has 0 aliphatic heterocycles. The summed E-state index contributed by atoms with van der Waals surface area (Å²) in [6, 6.07) is 0.682. The molecule has 3 N–H and O–H groups in total. The topological polar surface area (TPSA) is 49.5 Å². The van der Waals surface area contributed by atoms with Gasteiger partial charge in [-0.15, -0.1) is 0 Å². The Hall–Kier alpha value is -0.120. The lowest BCUT2D eigenvalue weighted by Crippen LogP contribution is -2.56. The molecule has 18 heavy (non-hydrogen) atoms. The Kier molecular flexibility index (Phi) is 6.09. The number of nitrogens with two attached hydrogens (primary N) is 1. The molecule has 1 aliphatic rings. The number of rotatable bonds is 4. The van der Waals surface area contributed by atoms with Crippen LogP contribution in [-0.2, 0) is 0 Å². The molecule has 3 heteroatoms. The number of nitrogens with zero attached hydrogens (tertiary/aromatic N) is 1. The first-order valence-corrected chi connectivity index (χ1v) is 7.46. The number of aliphatic hydroxyl groups is 1. The third-order valence-electron chi connectivity index (χ3n) is 4.53. The Balaban J connectivity index is 2.68. The summed E-state index contributed by atoms with van der Waals surface area (Å²) in [5.41, 5.74) is 6.38. The molecule has 0 saturated heterocycles. The third kappa shape index (κ3) is 4.22. The van der Waals surface area contributed by atoms with E-state index in [1.807, 2.05) is 0 Å². The van der Waals surface area contributed by atoms with Crippen molar-refractivity contribution in [3.05, 3.63) is 0 Å². The lowest BCUT2D eigenvalue weighted by molar-refractivity contribution is 0.0552. The molecule has 108 valence electrons. The molecule has 1 fully saturated rings. The minimum Gasteiger partial charge on any atom is -0.395 e. The van der Waals surface area contributed by atoms with Gasteiger partial charge in [-0.3, -0.25) is 4.90 Å². The van der Waals surface area contributed by atoms with E-state index >= 15 is 0 Å². The molecule has 2 unspecified atom stereocenters. The summed E-state index contributed by atoms with van der Waals surface area (Å²) in [4.78, 5) is 2.35. The summed E-state index contributed by atoms with van der Waals surface area (Å²) in [6.07, 6.45) is 7.86. The Morgan fingerprint density at radius 2 is 1.67 bits per heavy atom. The first kappa shape index (κ1) is 15.9. The van der Waals surface area contributed by atoms with E-state index in [0.29, 0.717) is 6.04 Å². The van der Waals surface area contributed by atoms with Crippen LogP contribution < -0.4 is 5.73 Å². The molecule has 0 spiro atoms. The number of likely N-dealkylation sites (N-methyl/N-ethyl adjacent to an activating group) is 1. The lowest BCUT2D eigenvalue weighted by atomic mass is 9.82. The summed E-state index contributed by atoms with van der Waals surface area (Å²) in [5.74, 6) is 0. The van der Waals surface area contributed by atoms with Crippen molar-refractivity contribution in [1.29, 1.82) is 0 Å². The highest BCUT2D eigenvalue weighted by atomic mass is 16.3. The second-order valence-electron chi connectivity index (χ2n) is 6.95. The van der Waals surface area contributed by atoms with Crippen LogP contribution in [0.1, 0.15) is 59.3 Å². The van der Waals surface area contributed by atoms with Gasteiger partial charge in [0.25, 0.3) is 0 Å². The molecule has 0 radical (unpaired) electrons. The Bertz CT molecular complexity index is 229. The summed E-state index contributed by atoms with van der Waals surface area (Å²) in [6.45, 7) is 6.62. The van der Waals surface area contributed by atoms with Crippen molar-refractivity contribution in [1.82, 2.24) is 4.90 Å². The minimum atomic E-state index is 0.00996. The fraction of sp³-hybridized carbons (Fsp3) is 1.00. The van der Waals surface area contributed by atoms with Crippen LogP contribution in [0.5, 0.6) is 0 Å². The van der Waals surface area contributed by atoms with Crippen LogP contribution in [0.15, 0.2) is 0 Å². The fourth-order valence-electron chi connectivity index (χ4n) is 3.01. The zero-order chi connectivity index (χ0) is 13.8. The van der Waals surface area contributed by atoms with Gasteiger partial charge in [0.15, 0.2) is 0 Å². The summed E-state index contributed by atoms with van der Waals surface area (Å²) in [7, 11) is 2.14.